The first-order valence-corrected chi connectivity index (χ1v) is 9.93. The van der Waals surface area contributed by atoms with Crippen LogP contribution in [0.5, 0.6) is 0 Å². The van der Waals surface area contributed by atoms with Crippen molar-refractivity contribution in [2.24, 2.45) is 0 Å². The molecule has 0 bridgehead atoms. The summed E-state index contributed by atoms with van der Waals surface area (Å²) >= 11 is 2.87. The van der Waals surface area contributed by atoms with Crippen molar-refractivity contribution in [1.82, 2.24) is 14.8 Å². The van der Waals surface area contributed by atoms with Crippen molar-refractivity contribution >= 4 is 35.1 Å². The van der Waals surface area contributed by atoms with E-state index in [9.17, 15) is 9.59 Å². The van der Waals surface area contributed by atoms with Crippen LogP contribution < -0.4 is 11.0 Å². The Morgan fingerprint density at radius 1 is 1.42 bits per heavy atom. The predicted octanol–water partition coefficient (Wildman–Crippen LogP) is 3.21. The van der Waals surface area contributed by atoms with Crippen LogP contribution >= 0.6 is 23.5 Å². The number of carbonyl (C=O) groups excluding carboxylic acids is 1. The molecular weight excluding hydrogens is 344 g/mol. The van der Waals surface area contributed by atoms with Gasteiger partial charge in [-0.25, -0.2) is 9.89 Å². The van der Waals surface area contributed by atoms with Gasteiger partial charge in [-0.15, -0.1) is 16.9 Å². The fraction of sp³-hybridized carbons (Fsp3) is 0.438. The minimum atomic E-state index is -0.365. The number of amides is 1. The normalized spacial score (nSPS) is 12.1. The second-order valence-electron chi connectivity index (χ2n) is 5.27. The van der Waals surface area contributed by atoms with Crippen molar-refractivity contribution in [1.29, 1.82) is 0 Å². The van der Waals surface area contributed by atoms with Crippen molar-refractivity contribution < 1.29 is 4.79 Å². The molecule has 2 rings (SSSR count). The average molecular weight is 367 g/mol. The summed E-state index contributed by atoms with van der Waals surface area (Å²) in [6, 6.07) is 7.68. The number of para-hydroxylation sites is 1. The first-order chi connectivity index (χ1) is 11.6. The second-order valence-corrected chi connectivity index (χ2v) is 7.42. The number of H-pyrrole nitrogens is 1. The summed E-state index contributed by atoms with van der Waals surface area (Å²) in [7, 11) is 0. The van der Waals surface area contributed by atoms with Crippen LogP contribution in [-0.2, 0) is 11.3 Å². The van der Waals surface area contributed by atoms with Crippen molar-refractivity contribution in [3.63, 3.8) is 0 Å². The van der Waals surface area contributed by atoms with Gasteiger partial charge in [0, 0.05) is 11.4 Å². The molecule has 2 aromatic rings. The Kier molecular flexibility index (Phi) is 6.99. The van der Waals surface area contributed by atoms with Crippen LogP contribution in [-0.4, -0.2) is 32.2 Å². The number of unbranched alkanes of at least 4 members (excludes halogenated alkanes) is 1. The van der Waals surface area contributed by atoms with Gasteiger partial charge in [0.15, 0.2) is 5.16 Å². The van der Waals surface area contributed by atoms with E-state index in [1.54, 1.807) is 16.3 Å². The minimum absolute atomic E-state index is 0.112. The highest BCUT2D eigenvalue weighted by atomic mass is 32.2. The molecule has 1 heterocycles. The quantitative estimate of drug-likeness (QED) is 0.701. The van der Waals surface area contributed by atoms with E-state index in [1.807, 2.05) is 37.4 Å². The number of benzene rings is 1. The lowest BCUT2D eigenvalue weighted by molar-refractivity contribution is -0.115. The van der Waals surface area contributed by atoms with E-state index in [-0.39, 0.29) is 16.8 Å². The summed E-state index contributed by atoms with van der Waals surface area (Å²) in [5, 5.41) is 9.63. The third kappa shape index (κ3) is 4.67. The number of hydrogen-bond donors (Lipinski definition) is 2. The van der Waals surface area contributed by atoms with Crippen molar-refractivity contribution in [3.8, 4) is 0 Å². The van der Waals surface area contributed by atoms with Gasteiger partial charge in [-0.05, 0) is 31.7 Å². The van der Waals surface area contributed by atoms with Crippen molar-refractivity contribution in [2.75, 3.05) is 11.6 Å². The number of thioether (sulfide) groups is 2. The summed E-state index contributed by atoms with van der Waals surface area (Å²) in [6.07, 6.45) is 3.86. The first kappa shape index (κ1) is 18.7. The Hall–Kier alpha value is -1.67. The Morgan fingerprint density at radius 3 is 2.88 bits per heavy atom. The zero-order chi connectivity index (χ0) is 17.5. The van der Waals surface area contributed by atoms with Crippen molar-refractivity contribution in [2.45, 2.75) is 48.5 Å². The molecule has 8 heteroatoms. The molecule has 1 aromatic heterocycles. The standard InChI is InChI=1S/C16H22N4O2S2/c1-4-5-10-20-15(22)18-19-16(20)24-11(2)14(21)17-12-8-6-7-9-13(12)23-3/h6-9,11H,4-5,10H2,1-3H3,(H,17,21)(H,18,22). The van der Waals surface area contributed by atoms with Crippen LogP contribution in [0, 0.1) is 0 Å². The number of anilines is 1. The molecule has 24 heavy (non-hydrogen) atoms. The highest BCUT2D eigenvalue weighted by Gasteiger charge is 2.19. The summed E-state index contributed by atoms with van der Waals surface area (Å²) in [6.45, 7) is 4.49. The van der Waals surface area contributed by atoms with E-state index in [4.69, 9.17) is 0 Å². The molecule has 0 saturated carbocycles. The lowest BCUT2D eigenvalue weighted by Gasteiger charge is -2.14. The first-order valence-electron chi connectivity index (χ1n) is 7.82. The SMILES string of the molecule is CCCCn1c(SC(C)C(=O)Nc2ccccc2SC)n[nH]c1=O. The zero-order valence-corrected chi connectivity index (χ0v) is 15.7. The maximum absolute atomic E-state index is 12.5. The number of aromatic nitrogens is 3. The fourth-order valence-electron chi connectivity index (χ4n) is 2.10. The molecule has 1 unspecified atom stereocenters. The van der Waals surface area contributed by atoms with E-state index < -0.39 is 0 Å². The largest absolute Gasteiger partial charge is 0.343 e. The number of rotatable bonds is 8. The molecule has 0 aliphatic rings. The molecule has 1 atom stereocenters. The molecule has 0 aliphatic carbocycles. The van der Waals surface area contributed by atoms with Gasteiger partial charge in [0.1, 0.15) is 0 Å². The van der Waals surface area contributed by atoms with E-state index in [0.29, 0.717) is 11.7 Å². The highest BCUT2D eigenvalue weighted by Crippen LogP contribution is 2.26. The molecular formula is C16H22N4O2S2. The van der Waals surface area contributed by atoms with Crippen molar-refractivity contribution in [3.05, 3.63) is 34.7 Å². The number of nitrogens with one attached hydrogen (secondary N) is 2. The van der Waals surface area contributed by atoms with Crippen LogP contribution in [0.3, 0.4) is 0 Å². The second kappa shape index (κ2) is 8.98. The van der Waals surface area contributed by atoms with Gasteiger partial charge in [-0.1, -0.05) is 37.2 Å². The fourth-order valence-corrected chi connectivity index (χ4v) is 3.54. The van der Waals surface area contributed by atoms with Gasteiger partial charge < -0.3 is 5.32 Å². The maximum Gasteiger partial charge on any atom is 0.343 e. The van der Waals surface area contributed by atoms with Gasteiger partial charge >= 0.3 is 5.69 Å². The van der Waals surface area contributed by atoms with Crippen LogP contribution in [0.25, 0.3) is 0 Å². The number of hydrogen-bond acceptors (Lipinski definition) is 5. The van der Waals surface area contributed by atoms with Gasteiger partial charge in [-0.3, -0.25) is 9.36 Å². The molecule has 0 aliphatic heterocycles. The molecule has 1 amide bonds. The number of carbonyl (C=O) groups is 1. The van der Waals surface area contributed by atoms with Gasteiger partial charge in [0.05, 0.1) is 10.9 Å². The monoisotopic (exact) mass is 366 g/mol. The lowest BCUT2D eigenvalue weighted by Crippen LogP contribution is -2.24. The molecule has 1 aromatic carbocycles. The Morgan fingerprint density at radius 2 is 2.17 bits per heavy atom. The lowest BCUT2D eigenvalue weighted by atomic mass is 10.3. The smallest absolute Gasteiger partial charge is 0.324 e. The topological polar surface area (TPSA) is 79.8 Å². The molecule has 0 spiro atoms. The van der Waals surface area contributed by atoms with Gasteiger partial charge in [-0.2, -0.15) is 0 Å². The molecule has 0 saturated heterocycles. The highest BCUT2D eigenvalue weighted by molar-refractivity contribution is 8.00. The van der Waals surface area contributed by atoms with E-state index >= 15 is 0 Å². The molecule has 6 nitrogen and oxygen atoms in total. The summed E-state index contributed by atoms with van der Waals surface area (Å²) < 4.78 is 1.59. The molecule has 2 N–H and O–H groups in total. The number of nitrogens with zero attached hydrogens (tertiary/aromatic N) is 2. The van der Waals surface area contributed by atoms with Crippen LogP contribution in [0.4, 0.5) is 5.69 Å². The van der Waals surface area contributed by atoms with Crippen LogP contribution in [0.2, 0.25) is 0 Å². The predicted molar refractivity (Wildman–Crippen MR) is 99.9 cm³/mol. The third-order valence-corrected chi connectivity index (χ3v) is 5.36. The summed E-state index contributed by atoms with van der Waals surface area (Å²) in [4.78, 5) is 25.3. The van der Waals surface area contributed by atoms with Crippen LogP contribution in [0.15, 0.2) is 39.1 Å². The third-order valence-electron chi connectivity index (χ3n) is 3.47. The van der Waals surface area contributed by atoms with E-state index in [1.165, 1.54) is 11.8 Å². The Labute approximate surface area is 149 Å². The van der Waals surface area contributed by atoms with Gasteiger partial charge in [0.2, 0.25) is 5.91 Å². The van der Waals surface area contributed by atoms with Crippen LogP contribution in [0.1, 0.15) is 26.7 Å². The molecule has 0 fully saturated rings. The molecule has 0 radical (unpaired) electrons. The van der Waals surface area contributed by atoms with Gasteiger partial charge in [0.25, 0.3) is 0 Å². The maximum atomic E-state index is 12.5. The van der Waals surface area contributed by atoms with E-state index in [2.05, 4.69) is 22.4 Å². The number of aromatic amines is 1. The zero-order valence-electron chi connectivity index (χ0n) is 14.0. The average Bonchev–Trinajstić information content (AvgIpc) is 2.93. The molecule has 130 valence electrons. The summed E-state index contributed by atoms with van der Waals surface area (Å²) in [5.41, 5.74) is 0.569. The Balaban J connectivity index is 2.05. The summed E-state index contributed by atoms with van der Waals surface area (Å²) in [5.74, 6) is -0.112. The minimum Gasteiger partial charge on any atom is -0.324 e. The Bertz CT molecular complexity index is 742. The van der Waals surface area contributed by atoms with E-state index in [0.717, 1.165) is 23.4 Å².